The van der Waals surface area contributed by atoms with Gasteiger partial charge in [-0.2, -0.15) is 0 Å². The van der Waals surface area contributed by atoms with Crippen molar-refractivity contribution in [3.8, 4) is 0 Å². The van der Waals surface area contributed by atoms with Gasteiger partial charge in [0, 0.05) is 6.08 Å². The average molecular weight is 173 g/mol. The van der Waals surface area contributed by atoms with Gasteiger partial charge in [0.15, 0.2) is 0 Å². The van der Waals surface area contributed by atoms with Crippen molar-refractivity contribution in [2.45, 2.75) is 13.0 Å². The summed E-state index contributed by atoms with van der Waals surface area (Å²) < 4.78 is 4.67. The van der Waals surface area contributed by atoms with Crippen LogP contribution in [0.4, 0.5) is 4.79 Å². The Morgan fingerprint density at radius 2 is 2.33 bits per heavy atom. The Bertz CT molecular complexity index is 190. The van der Waals surface area contributed by atoms with E-state index in [0.29, 0.717) is 0 Å². The van der Waals surface area contributed by atoms with Crippen molar-refractivity contribution in [3.63, 3.8) is 0 Å². The topological polar surface area (TPSA) is 75.6 Å². The predicted molar refractivity (Wildman–Crippen MR) is 41.8 cm³/mol. The van der Waals surface area contributed by atoms with E-state index in [1.807, 2.05) is 0 Å². The van der Waals surface area contributed by atoms with Crippen LogP contribution in [0.2, 0.25) is 0 Å². The molecule has 2 N–H and O–H groups in total. The van der Waals surface area contributed by atoms with Crippen LogP contribution in [0.5, 0.6) is 0 Å². The average Bonchev–Trinajstić information content (AvgIpc) is 2.00. The van der Waals surface area contributed by atoms with Crippen LogP contribution in [0.1, 0.15) is 6.92 Å². The quantitative estimate of drug-likeness (QED) is 0.475. The highest BCUT2D eigenvalue weighted by atomic mass is 16.5. The first-order valence-electron chi connectivity index (χ1n) is 3.36. The number of carboxylic acid groups (broad SMARTS) is 1. The Morgan fingerprint density at radius 3 is 2.75 bits per heavy atom. The molecule has 5 nitrogen and oxygen atoms in total. The van der Waals surface area contributed by atoms with Gasteiger partial charge >= 0.3 is 12.1 Å². The van der Waals surface area contributed by atoms with E-state index in [-0.39, 0.29) is 6.54 Å². The van der Waals surface area contributed by atoms with Crippen LogP contribution < -0.4 is 5.32 Å². The van der Waals surface area contributed by atoms with E-state index in [2.05, 4.69) is 16.6 Å². The predicted octanol–water partition coefficient (Wildman–Crippen LogP) is 0.372. The third-order valence-corrected chi connectivity index (χ3v) is 1.02. The highest BCUT2D eigenvalue weighted by molar-refractivity contribution is 5.81. The number of amides is 1. The Morgan fingerprint density at radius 1 is 1.75 bits per heavy atom. The molecule has 0 saturated heterocycles. The maximum absolute atomic E-state index is 10.6. The third-order valence-electron chi connectivity index (χ3n) is 1.02. The van der Waals surface area contributed by atoms with Crippen molar-refractivity contribution in [2.75, 3.05) is 6.54 Å². The molecule has 0 saturated carbocycles. The highest BCUT2D eigenvalue weighted by Gasteiger charge is 2.06. The molecule has 0 heterocycles. The van der Waals surface area contributed by atoms with Gasteiger partial charge < -0.3 is 15.2 Å². The van der Waals surface area contributed by atoms with Crippen molar-refractivity contribution >= 4 is 12.1 Å². The molecule has 0 radical (unpaired) electrons. The lowest BCUT2D eigenvalue weighted by Gasteiger charge is -2.10. The molecule has 0 aromatic heterocycles. The fourth-order valence-corrected chi connectivity index (χ4v) is 0.519. The molecular formula is C7H11NO4. The summed E-state index contributed by atoms with van der Waals surface area (Å²) in [5.74, 6) is -0.560. The maximum Gasteiger partial charge on any atom is 0.404 e. The number of rotatable bonds is 4. The zero-order valence-electron chi connectivity index (χ0n) is 6.74. The van der Waals surface area contributed by atoms with Crippen LogP contribution in [0.3, 0.4) is 0 Å². The lowest BCUT2D eigenvalue weighted by molar-refractivity contribution is -0.141. The number of carbonyl (C=O) groups excluding carboxylic acids is 1. The van der Waals surface area contributed by atoms with E-state index in [1.165, 1.54) is 0 Å². The molecule has 0 aliphatic heterocycles. The zero-order chi connectivity index (χ0) is 9.56. The molecule has 0 aliphatic carbocycles. The van der Waals surface area contributed by atoms with Crippen LogP contribution in [0.25, 0.3) is 0 Å². The zero-order valence-corrected chi connectivity index (χ0v) is 6.74. The monoisotopic (exact) mass is 173 g/mol. The molecule has 1 amide bonds. The van der Waals surface area contributed by atoms with Gasteiger partial charge in [-0.1, -0.05) is 6.58 Å². The van der Waals surface area contributed by atoms with E-state index < -0.39 is 18.2 Å². The first-order valence-corrected chi connectivity index (χ1v) is 3.36. The standard InChI is InChI=1S/C7H11NO4/c1-3-6(9)12-5(2)4-8-7(10)11/h3,5,8H,1,4H2,2H3,(H,10,11). The Balaban J connectivity index is 3.59. The van der Waals surface area contributed by atoms with Crippen molar-refractivity contribution in [3.05, 3.63) is 12.7 Å². The molecule has 0 aliphatic rings. The van der Waals surface area contributed by atoms with Crippen molar-refractivity contribution in [1.82, 2.24) is 5.32 Å². The van der Waals surface area contributed by atoms with Gasteiger partial charge in [0.2, 0.25) is 0 Å². The van der Waals surface area contributed by atoms with E-state index in [4.69, 9.17) is 5.11 Å². The molecule has 0 bridgehead atoms. The Hall–Kier alpha value is -1.52. The van der Waals surface area contributed by atoms with E-state index in [0.717, 1.165) is 6.08 Å². The van der Waals surface area contributed by atoms with Crippen molar-refractivity contribution < 1.29 is 19.4 Å². The number of hydrogen-bond donors (Lipinski definition) is 2. The molecule has 0 fully saturated rings. The number of ether oxygens (including phenoxy) is 1. The minimum absolute atomic E-state index is 0.0783. The maximum atomic E-state index is 10.6. The van der Waals surface area contributed by atoms with Gasteiger partial charge in [-0.3, -0.25) is 0 Å². The Kier molecular flexibility index (Phi) is 4.52. The van der Waals surface area contributed by atoms with Crippen LogP contribution in [0, 0.1) is 0 Å². The lowest BCUT2D eigenvalue weighted by atomic mass is 10.4. The van der Waals surface area contributed by atoms with Gasteiger partial charge in [-0.15, -0.1) is 0 Å². The molecule has 0 aromatic rings. The van der Waals surface area contributed by atoms with E-state index >= 15 is 0 Å². The molecular weight excluding hydrogens is 162 g/mol. The minimum Gasteiger partial charge on any atom is -0.465 e. The van der Waals surface area contributed by atoms with Gasteiger partial charge in [0.1, 0.15) is 6.10 Å². The molecule has 0 rings (SSSR count). The molecule has 68 valence electrons. The second kappa shape index (κ2) is 5.17. The first-order chi connectivity index (χ1) is 5.56. The fourth-order valence-electron chi connectivity index (χ4n) is 0.519. The summed E-state index contributed by atoms with van der Waals surface area (Å²) in [6.45, 7) is 4.86. The van der Waals surface area contributed by atoms with Gasteiger partial charge in [-0.05, 0) is 6.92 Å². The number of hydrogen-bond acceptors (Lipinski definition) is 3. The summed E-state index contributed by atoms with van der Waals surface area (Å²) in [6.07, 6.45) is -0.597. The SMILES string of the molecule is C=CC(=O)OC(C)CNC(=O)O. The molecule has 1 unspecified atom stereocenters. The molecule has 1 atom stereocenters. The van der Waals surface area contributed by atoms with Gasteiger partial charge in [0.25, 0.3) is 0 Å². The Labute approximate surface area is 70.0 Å². The van der Waals surface area contributed by atoms with Crippen molar-refractivity contribution in [1.29, 1.82) is 0 Å². The second-order valence-corrected chi connectivity index (χ2v) is 2.14. The fraction of sp³-hybridized carbons (Fsp3) is 0.429. The molecule has 0 spiro atoms. The van der Waals surface area contributed by atoms with Crippen LogP contribution >= 0.6 is 0 Å². The normalized spacial score (nSPS) is 11.4. The number of nitrogens with one attached hydrogen (secondary N) is 1. The summed E-state index contributed by atoms with van der Waals surface area (Å²) in [6, 6.07) is 0. The summed E-state index contributed by atoms with van der Waals surface area (Å²) in [5, 5.41) is 10.3. The highest BCUT2D eigenvalue weighted by Crippen LogP contribution is 1.89. The van der Waals surface area contributed by atoms with Crippen LogP contribution in [0.15, 0.2) is 12.7 Å². The summed E-state index contributed by atoms with van der Waals surface area (Å²) in [7, 11) is 0. The van der Waals surface area contributed by atoms with Gasteiger partial charge in [0.05, 0.1) is 6.54 Å². The molecule has 0 aromatic carbocycles. The van der Waals surface area contributed by atoms with Crippen LogP contribution in [-0.4, -0.2) is 29.8 Å². The number of carbonyl (C=O) groups is 2. The second-order valence-electron chi connectivity index (χ2n) is 2.14. The van der Waals surface area contributed by atoms with E-state index in [1.54, 1.807) is 6.92 Å². The number of esters is 1. The van der Waals surface area contributed by atoms with Gasteiger partial charge in [-0.25, -0.2) is 9.59 Å². The molecule has 5 heteroatoms. The largest absolute Gasteiger partial charge is 0.465 e. The van der Waals surface area contributed by atoms with Crippen LogP contribution in [-0.2, 0) is 9.53 Å². The van der Waals surface area contributed by atoms with E-state index in [9.17, 15) is 9.59 Å². The molecule has 12 heavy (non-hydrogen) atoms. The third kappa shape index (κ3) is 5.28. The lowest BCUT2D eigenvalue weighted by Crippen LogP contribution is -2.31. The smallest absolute Gasteiger partial charge is 0.404 e. The summed E-state index contributed by atoms with van der Waals surface area (Å²) >= 11 is 0. The summed E-state index contributed by atoms with van der Waals surface area (Å²) in [5.41, 5.74) is 0. The van der Waals surface area contributed by atoms with Crippen molar-refractivity contribution in [2.24, 2.45) is 0 Å². The minimum atomic E-state index is -1.14. The summed E-state index contributed by atoms with van der Waals surface area (Å²) in [4.78, 5) is 20.5. The first kappa shape index (κ1) is 10.5.